The number of carboxylic acid groups (broad SMARTS) is 1. The van der Waals surface area contributed by atoms with Gasteiger partial charge in [0, 0.05) is 29.1 Å². The number of benzene rings is 1. The monoisotopic (exact) mass is 357 g/mol. The van der Waals surface area contributed by atoms with Crippen molar-refractivity contribution in [3.05, 3.63) is 34.3 Å². The number of ether oxygens (including phenoxy) is 1. The molecule has 1 amide bonds. The van der Waals surface area contributed by atoms with E-state index in [0.29, 0.717) is 5.75 Å². The highest BCUT2D eigenvalue weighted by atomic mass is 79.9. The summed E-state index contributed by atoms with van der Waals surface area (Å²) in [6, 6.07) is 5.39. The Morgan fingerprint density at radius 2 is 2.19 bits per heavy atom. The number of carboxylic acids is 1. The number of methoxy groups -OCH3 is 1. The molecule has 0 bridgehead atoms. The van der Waals surface area contributed by atoms with Gasteiger partial charge in [0.1, 0.15) is 5.75 Å². The predicted molar refractivity (Wildman–Crippen MR) is 81.0 cm³/mol. The van der Waals surface area contributed by atoms with E-state index in [1.54, 1.807) is 18.2 Å². The van der Waals surface area contributed by atoms with E-state index >= 15 is 0 Å². The number of rotatable bonds is 7. The number of hydrogen-bond acceptors (Lipinski definition) is 4. The van der Waals surface area contributed by atoms with E-state index in [4.69, 9.17) is 14.9 Å². The lowest BCUT2D eigenvalue weighted by molar-refractivity contribution is -0.147. The Bertz CT molecular complexity index is 544. The second kappa shape index (κ2) is 8.43. The van der Waals surface area contributed by atoms with Gasteiger partial charge < -0.3 is 20.3 Å². The van der Waals surface area contributed by atoms with Gasteiger partial charge in [-0.25, -0.2) is 4.79 Å². The van der Waals surface area contributed by atoms with E-state index in [9.17, 15) is 9.59 Å². The van der Waals surface area contributed by atoms with Crippen LogP contribution in [0.5, 0.6) is 5.75 Å². The van der Waals surface area contributed by atoms with Gasteiger partial charge in [0.25, 0.3) is 0 Å². The van der Waals surface area contributed by atoms with Gasteiger partial charge >= 0.3 is 5.97 Å². The topological polar surface area (TPSA) is 95.9 Å². The van der Waals surface area contributed by atoms with Crippen LogP contribution in [0.1, 0.15) is 12.0 Å². The number of aliphatic hydroxyl groups excluding tert-OH is 1. The van der Waals surface area contributed by atoms with Gasteiger partial charge in [0.15, 0.2) is 6.10 Å². The van der Waals surface area contributed by atoms with Crippen molar-refractivity contribution < 1.29 is 24.5 Å². The molecule has 0 saturated carbocycles. The maximum absolute atomic E-state index is 11.6. The third-order valence-corrected chi connectivity index (χ3v) is 3.10. The second-order valence-corrected chi connectivity index (χ2v) is 5.07. The van der Waals surface area contributed by atoms with Gasteiger partial charge in [-0.05, 0) is 24.3 Å². The fourth-order valence-electron chi connectivity index (χ4n) is 1.52. The van der Waals surface area contributed by atoms with Crippen molar-refractivity contribution in [2.45, 2.75) is 12.5 Å². The molecule has 0 aliphatic heterocycles. The molecule has 0 unspecified atom stereocenters. The molecule has 3 N–H and O–H groups in total. The molecule has 0 aliphatic rings. The maximum atomic E-state index is 11.6. The summed E-state index contributed by atoms with van der Waals surface area (Å²) in [5.41, 5.74) is 0.729. The number of hydrogen-bond donors (Lipinski definition) is 3. The highest BCUT2D eigenvalue weighted by Crippen LogP contribution is 2.23. The first-order valence-corrected chi connectivity index (χ1v) is 6.93. The average molecular weight is 358 g/mol. The van der Waals surface area contributed by atoms with E-state index in [1.165, 1.54) is 13.2 Å². The van der Waals surface area contributed by atoms with Crippen LogP contribution in [-0.4, -0.2) is 41.8 Å². The molecule has 0 saturated heterocycles. The van der Waals surface area contributed by atoms with E-state index in [1.807, 2.05) is 6.07 Å². The van der Waals surface area contributed by atoms with Crippen molar-refractivity contribution in [2.75, 3.05) is 13.7 Å². The van der Waals surface area contributed by atoms with E-state index in [2.05, 4.69) is 21.2 Å². The number of aliphatic carboxylic acids is 1. The Kier molecular flexibility index (Phi) is 6.90. The highest BCUT2D eigenvalue weighted by molar-refractivity contribution is 9.10. The Morgan fingerprint density at radius 1 is 1.48 bits per heavy atom. The van der Waals surface area contributed by atoms with Crippen LogP contribution in [0.25, 0.3) is 6.08 Å². The van der Waals surface area contributed by atoms with Crippen molar-refractivity contribution >= 4 is 33.9 Å². The Balaban J connectivity index is 2.54. The van der Waals surface area contributed by atoms with Gasteiger partial charge in [-0.15, -0.1) is 0 Å². The van der Waals surface area contributed by atoms with E-state index < -0.39 is 12.1 Å². The first kappa shape index (κ1) is 17.2. The summed E-state index contributed by atoms with van der Waals surface area (Å²) in [6.45, 7) is 0.0757. The molecule has 1 atom stereocenters. The minimum Gasteiger partial charge on any atom is -0.496 e. The number of aliphatic hydroxyl groups is 1. The van der Waals surface area contributed by atoms with Gasteiger partial charge in [0.05, 0.1) is 7.11 Å². The van der Waals surface area contributed by atoms with Crippen LogP contribution in [0.15, 0.2) is 28.7 Å². The predicted octanol–water partition coefficient (Wildman–Crippen LogP) is 1.42. The van der Waals surface area contributed by atoms with Crippen molar-refractivity contribution in [1.29, 1.82) is 0 Å². The molecular weight excluding hydrogens is 342 g/mol. The third kappa shape index (κ3) is 5.97. The van der Waals surface area contributed by atoms with Crippen LogP contribution in [0, 0.1) is 0 Å². The zero-order valence-corrected chi connectivity index (χ0v) is 13.0. The SMILES string of the molecule is COc1ccc(Br)cc1/C=C/C(=O)NCC[C@H](O)C(=O)O. The Morgan fingerprint density at radius 3 is 2.81 bits per heavy atom. The molecule has 1 aromatic carbocycles. The zero-order valence-electron chi connectivity index (χ0n) is 11.4. The quantitative estimate of drug-likeness (QED) is 0.641. The molecule has 0 aromatic heterocycles. The number of nitrogens with one attached hydrogen (secondary N) is 1. The van der Waals surface area contributed by atoms with E-state index in [0.717, 1.165) is 10.0 Å². The normalized spacial score (nSPS) is 12.1. The van der Waals surface area contributed by atoms with Crippen LogP contribution < -0.4 is 10.1 Å². The number of amides is 1. The lowest BCUT2D eigenvalue weighted by Crippen LogP contribution is -2.28. The summed E-state index contributed by atoms with van der Waals surface area (Å²) in [4.78, 5) is 22.0. The lowest BCUT2D eigenvalue weighted by atomic mass is 10.2. The molecular formula is C14H16BrNO5. The number of halogens is 1. The van der Waals surface area contributed by atoms with E-state index in [-0.39, 0.29) is 18.9 Å². The molecule has 7 heteroatoms. The molecule has 0 aliphatic carbocycles. The molecule has 21 heavy (non-hydrogen) atoms. The highest BCUT2D eigenvalue weighted by Gasteiger charge is 2.12. The summed E-state index contributed by atoms with van der Waals surface area (Å²) in [5, 5.41) is 20.0. The average Bonchev–Trinajstić information content (AvgIpc) is 2.45. The first-order valence-electron chi connectivity index (χ1n) is 6.14. The summed E-state index contributed by atoms with van der Waals surface area (Å²) in [6.07, 6.45) is 1.39. The molecule has 1 rings (SSSR count). The standard InChI is InChI=1S/C14H16BrNO5/c1-21-12-4-3-10(15)8-9(12)2-5-13(18)16-7-6-11(17)14(19)20/h2-5,8,11,17H,6-7H2,1H3,(H,16,18)(H,19,20)/b5-2+/t11-/m0/s1. The lowest BCUT2D eigenvalue weighted by Gasteiger charge is -2.06. The fourth-order valence-corrected chi connectivity index (χ4v) is 1.89. The number of carbonyl (C=O) groups is 2. The molecule has 6 nitrogen and oxygen atoms in total. The third-order valence-electron chi connectivity index (χ3n) is 2.61. The fraction of sp³-hybridized carbons (Fsp3) is 0.286. The Labute approximate surface area is 130 Å². The van der Waals surface area contributed by atoms with Crippen LogP contribution in [0.2, 0.25) is 0 Å². The first-order chi connectivity index (χ1) is 9.93. The van der Waals surface area contributed by atoms with Crippen molar-refractivity contribution in [2.24, 2.45) is 0 Å². The maximum Gasteiger partial charge on any atom is 0.332 e. The van der Waals surface area contributed by atoms with Crippen molar-refractivity contribution in [1.82, 2.24) is 5.32 Å². The summed E-state index contributed by atoms with van der Waals surface area (Å²) in [7, 11) is 1.54. The van der Waals surface area contributed by atoms with Crippen LogP contribution in [0.3, 0.4) is 0 Å². The smallest absolute Gasteiger partial charge is 0.332 e. The van der Waals surface area contributed by atoms with Crippen LogP contribution in [-0.2, 0) is 9.59 Å². The summed E-state index contributed by atoms with van der Waals surface area (Å²) >= 11 is 3.33. The molecule has 1 aromatic rings. The van der Waals surface area contributed by atoms with Crippen molar-refractivity contribution in [3.63, 3.8) is 0 Å². The molecule has 0 fully saturated rings. The van der Waals surface area contributed by atoms with Gasteiger partial charge in [-0.1, -0.05) is 15.9 Å². The minimum absolute atomic E-state index is 0.0465. The van der Waals surface area contributed by atoms with Gasteiger partial charge in [0.2, 0.25) is 5.91 Å². The van der Waals surface area contributed by atoms with Crippen LogP contribution >= 0.6 is 15.9 Å². The summed E-state index contributed by atoms with van der Waals surface area (Å²) < 4.78 is 6.02. The minimum atomic E-state index is -1.47. The second-order valence-electron chi connectivity index (χ2n) is 4.15. The van der Waals surface area contributed by atoms with Gasteiger partial charge in [-0.3, -0.25) is 4.79 Å². The largest absolute Gasteiger partial charge is 0.496 e. The summed E-state index contributed by atoms with van der Waals surface area (Å²) in [5.74, 6) is -1.06. The molecule has 0 spiro atoms. The molecule has 114 valence electrons. The van der Waals surface area contributed by atoms with Crippen LogP contribution in [0.4, 0.5) is 0 Å². The molecule has 0 heterocycles. The number of carbonyl (C=O) groups excluding carboxylic acids is 1. The Hall–Kier alpha value is -1.86. The van der Waals surface area contributed by atoms with Gasteiger partial charge in [-0.2, -0.15) is 0 Å². The molecule has 0 radical (unpaired) electrons. The van der Waals surface area contributed by atoms with Crippen molar-refractivity contribution in [3.8, 4) is 5.75 Å². The zero-order chi connectivity index (χ0) is 15.8.